The quantitative estimate of drug-likeness (QED) is 0.616. The molecule has 0 aliphatic rings. The van der Waals surface area contributed by atoms with Crippen LogP contribution in [0.15, 0.2) is 28.7 Å². The van der Waals surface area contributed by atoms with E-state index in [9.17, 15) is 0 Å². The Morgan fingerprint density at radius 3 is 1.85 bits per heavy atom. The van der Waals surface area contributed by atoms with E-state index in [0.717, 1.165) is 22.7 Å². The molecule has 1 aromatic carbocycles. The average molecular weight is 340 g/mol. The standard InChI is InChI=1S/C18H30BrN/c1-6-18(15-7-9-16(19)10-8-15)20-17(11-13(2)3)12-14(4)5/h7-10,13-14,17-18,20H,6,11-12H2,1-5H3. The Balaban J connectivity index is 2.74. The van der Waals surface area contributed by atoms with E-state index in [-0.39, 0.29) is 0 Å². The first kappa shape index (κ1) is 17.7. The number of nitrogens with one attached hydrogen (secondary N) is 1. The summed E-state index contributed by atoms with van der Waals surface area (Å²) in [5.41, 5.74) is 1.40. The number of rotatable bonds is 8. The summed E-state index contributed by atoms with van der Waals surface area (Å²) in [5, 5.41) is 3.89. The molecule has 0 aliphatic carbocycles. The fraction of sp³-hybridized carbons (Fsp3) is 0.667. The van der Waals surface area contributed by atoms with Crippen LogP contribution in [0.5, 0.6) is 0 Å². The molecule has 0 radical (unpaired) electrons. The molecular formula is C18H30BrN. The van der Waals surface area contributed by atoms with E-state index in [2.05, 4.69) is 80.1 Å². The van der Waals surface area contributed by atoms with Crippen molar-refractivity contribution in [1.82, 2.24) is 5.32 Å². The second-order valence-corrected chi connectivity index (χ2v) is 7.55. The Morgan fingerprint density at radius 1 is 0.950 bits per heavy atom. The Morgan fingerprint density at radius 2 is 1.45 bits per heavy atom. The van der Waals surface area contributed by atoms with Gasteiger partial charge in [-0.15, -0.1) is 0 Å². The SMILES string of the molecule is CCC(NC(CC(C)C)CC(C)C)c1ccc(Br)cc1. The number of halogens is 1. The summed E-state index contributed by atoms with van der Waals surface area (Å²) in [6.45, 7) is 11.5. The summed E-state index contributed by atoms with van der Waals surface area (Å²) in [7, 11) is 0. The molecule has 20 heavy (non-hydrogen) atoms. The molecule has 1 unspecified atom stereocenters. The van der Waals surface area contributed by atoms with Crippen LogP contribution in [0.1, 0.15) is 65.5 Å². The van der Waals surface area contributed by atoms with Crippen LogP contribution in [-0.2, 0) is 0 Å². The Kier molecular flexibility index (Phi) is 7.83. The summed E-state index contributed by atoms with van der Waals surface area (Å²) in [6, 6.07) is 9.81. The summed E-state index contributed by atoms with van der Waals surface area (Å²) < 4.78 is 1.15. The third-order valence-corrected chi connectivity index (χ3v) is 4.16. The molecule has 1 aromatic rings. The van der Waals surface area contributed by atoms with E-state index in [1.165, 1.54) is 18.4 Å². The number of hydrogen-bond donors (Lipinski definition) is 1. The lowest BCUT2D eigenvalue weighted by atomic mass is 9.93. The summed E-state index contributed by atoms with van der Waals surface area (Å²) >= 11 is 3.51. The van der Waals surface area contributed by atoms with Crippen molar-refractivity contribution < 1.29 is 0 Å². The lowest BCUT2D eigenvalue weighted by Gasteiger charge is -2.28. The molecule has 0 saturated heterocycles. The van der Waals surface area contributed by atoms with Gasteiger partial charge in [-0.25, -0.2) is 0 Å². The molecule has 0 spiro atoms. The summed E-state index contributed by atoms with van der Waals surface area (Å²) in [5.74, 6) is 1.49. The summed E-state index contributed by atoms with van der Waals surface area (Å²) in [6.07, 6.45) is 3.64. The maximum atomic E-state index is 3.89. The fourth-order valence-corrected chi connectivity index (χ4v) is 3.06. The van der Waals surface area contributed by atoms with E-state index in [0.29, 0.717) is 12.1 Å². The van der Waals surface area contributed by atoms with E-state index >= 15 is 0 Å². The summed E-state index contributed by atoms with van der Waals surface area (Å²) in [4.78, 5) is 0. The minimum atomic E-state index is 0.464. The highest BCUT2D eigenvalue weighted by Crippen LogP contribution is 2.23. The monoisotopic (exact) mass is 339 g/mol. The zero-order chi connectivity index (χ0) is 15.1. The van der Waals surface area contributed by atoms with Gasteiger partial charge in [0.15, 0.2) is 0 Å². The molecule has 1 rings (SSSR count). The molecule has 1 N–H and O–H groups in total. The van der Waals surface area contributed by atoms with Gasteiger partial charge in [-0.3, -0.25) is 0 Å². The molecular weight excluding hydrogens is 310 g/mol. The maximum absolute atomic E-state index is 3.89. The molecule has 0 bridgehead atoms. The molecule has 0 fully saturated rings. The van der Waals surface area contributed by atoms with Crippen molar-refractivity contribution in [3.8, 4) is 0 Å². The van der Waals surface area contributed by atoms with Crippen molar-refractivity contribution in [3.05, 3.63) is 34.3 Å². The highest BCUT2D eigenvalue weighted by molar-refractivity contribution is 9.10. The van der Waals surface area contributed by atoms with Crippen LogP contribution in [0.3, 0.4) is 0 Å². The maximum Gasteiger partial charge on any atom is 0.0320 e. The lowest BCUT2D eigenvalue weighted by Crippen LogP contribution is -2.35. The lowest BCUT2D eigenvalue weighted by molar-refractivity contribution is 0.324. The highest BCUT2D eigenvalue weighted by Gasteiger charge is 2.17. The van der Waals surface area contributed by atoms with Gasteiger partial charge >= 0.3 is 0 Å². The van der Waals surface area contributed by atoms with Crippen LogP contribution in [-0.4, -0.2) is 6.04 Å². The molecule has 2 heteroatoms. The van der Waals surface area contributed by atoms with Crippen molar-refractivity contribution in [2.45, 2.75) is 66.0 Å². The Hall–Kier alpha value is -0.340. The molecule has 0 amide bonds. The smallest absolute Gasteiger partial charge is 0.0320 e. The van der Waals surface area contributed by atoms with E-state index in [1.54, 1.807) is 0 Å². The van der Waals surface area contributed by atoms with Gasteiger partial charge in [-0.1, -0.05) is 62.7 Å². The predicted molar refractivity (Wildman–Crippen MR) is 93.0 cm³/mol. The number of hydrogen-bond acceptors (Lipinski definition) is 1. The predicted octanol–water partition coefficient (Wildman–Crippen LogP) is 5.95. The topological polar surface area (TPSA) is 12.0 Å². The molecule has 1 atom stereocenters. The van der Waals surface area contributed by atoms with Gasteiger partial charge < -0.3 is 5.32 Å². The van der Waals surface area contributed by atoms with Gasteiger partial charge in [-0.05, 0) is 48.8 Å². The fourth-order valence-electron chi connectivity index (χ4n) is 2.80. The molecule has 0 saturated carbocycles. The van der Waals surface area contributed by atoms with Gasteiger partial charge in [0.05, 0.1) is 0 Å². The van der Waals surface area contributed by atoms with Crippen LogP contribution >= 0.6 is 15.9 Å². The van der Waals surface area contributed by atoms with Gasteiger partial charge in [0.1, 0.15) is 0 Å². The first-order chi connectivity index (χ1) is 9.42. The van der Waals surface area contributed by atoms with E-state index < -0.39 is 0 Å². The molecule has 0 aromatic heterocycles. The van der Waals surface area contributed by atoms with Crippen molar-refractivity contribution in [2.75, 3.05) is 0 Å². The molecule has 0 aliphatic heterocycles. The normalized spacial score (nSPS) is 13.4. The number of benzene rings is 1. The zero-order valence-electron chi connectivity index (χ0n) is 13.6. The van der Waals surface area contributed by atoms with Gasteiger partial charge in [0.2, 0.25) is 0 Å². The minimum Gasteiger partial charge on any atom is -0.307 e. The second kappa shape index (κ2) is 8.84. The zero-order valence-corrected chi connectivity index (χ0v) is 15.2. The Labute approximate surface area is 133 Å². The van der Waals surface area contributed by atoms with E-state index in [4.69, 9.17) is 0 Å². The van der Waals surface area contributed by atoms with Crippen molar-refractivity contribution in [1.29, 1.82) is 0 Å². The van der Waals surface area contributed by atoms with Gasteiger partial charge in [0.25, 0.3) is 0 Å². The molecule has 114 valence electrons. The first-order valence-corrected chi connectivity index (χ1v) is 8.73. The van der Waals surface area contributed by atoms with Crippen molar-refractivity contribution in [2.24, 2.45) is 11.8 Å². The third kappa shape index (κ3) is 6.41. The van der Waals surface area contributed by atoms with Crippen LogP contribution < -0.4 is 5.32 Å². The highest BCUT2D eigenvalue weighted by atomic mass is 79.9. The van der Waals surface area contributed by atoms with E-state index in [1.807, 2.05) is 0 Å². The van der Waals surface area contributed by atoms with Gasteiger partial charge in [0, 0.05) is 16.6 Å². The van der Waals surface area contributed by atoms with Crippen molar-refractivity contribution >= 4 is 15.9 Å². The minimum absolute atomic E-state index is 0.464. The van der Waals surface area contributed by atoms with Crippen LogP contribution in [0, 0.1) is 11.8 Å². The molecule has 0 heterocycles. The third-order valence-electron chi connectivity index (χ3n) is 3.63. The second-order valence-electron chi connectivity index (χ2n) is 6.64. The largest absolute Gasteiger partial charge is 0.307 e. The average Bonchev–Trinajstić information content (AvgIpc) is 2.35. The van der Waals surface area contributed by atoms with Gasteiger partial charge in [-0.2, -0.15) is 0 Å². The molecule has 1 nitrogen and oxygen atoms in total. The van der Waals surface area contributed by atoms with Crippen LogP contribution in [0.2, 0.25) is 0 Å². The van der Waals surface area contributed by atoms with Crippen LogP contribution in [0.4, 0.5) is 0 Å². The Bertz CT molecular complexity index is 360. The van der Waals surface area contributed by atoms with Crippen LogP contribution in [0.25, 0.3) is 0 Å². The first-order valence-electron chi connectivity index (χ1n) is 7.93. The van der Waals surface area contributed by atoms with Crippen molar-refractivity contribution in [3.63, 3.8) is 0 Å².